The van der Waals surface area contributed by atoms with Crippen LogP contribution >= 0.6 is 15.9 Å². The molecule has 1 unspecified atom stereocenters. The first-order valence-corrected chi connectivity index (χ1v) is 8.16. The van der Waals surface area contributed by atoms with Gasteiger partial charge in [0.15, 0.2) is 0 Å². The fourth-order valence-electron chi connectivity index (χ4n) is 2.75. The summed E-state index contributed by atoms with van der Waals surface area (Å²) in [6.07, 6.45) is 6.23. The van der Waals surface area contributed by atoms with E-state index in [1.807, 2.05) is 18.2 Å². The van der Waals surface area contributed by atoms with Gasteiger partial charge in [-0.2, -0.15) is 0 Å². The summed E-state index contributed by atoms with van der Waals surface area (Å²) in [5.74, 6) is -1.44. The third-order valence-corrected chi connectivity index (χ3v) is 4.60. The summed E-state index contributed by atoms with van der Waals surface area (Å²) >= 11 is 3.45. The molecule has 0 aliphatic carbocycles. The maximum Gasteiger partial charge on any atom is 0.291 e. The summed E-state index contributed by atoms with van der Waals surface area (Å²) in [6.45, 7) is 0. The minimum atomic E-state index is -0.818. The van der Waals surface area contributed by atoms with Crippen molar-refractivity contribution in [2.75, 3.05) is 0 Å². The molecule has 2 heterocycles. The SMILES string of the molecule is NC(=O)C(Cc1ccc2cncc(Br)c2c1)c1ccncc1[N+](=O)[O-]. The number of carbonyl (C=O) groups excluding carboxylic acids is 1. The topological polar surface area (TPSA) is 112 Å². The number of nitrogens with two attached hydrogens (primary N) is 1. The Morgan fingerprint density at radius 3 is 2.76 bits per heavy atom. The summed E-state index contributed by atoms with van der Waals surface area (Å²) in [4.78, 5) is 30.5. The monoisotopic (exact) mass is 400 g/mol. The number of nitrogens with zero attached hydrogens (tertiary/aromatic N) is 3. The van der Waals surface area contributed by atoms with Crippen molar-refractivity contribution in [3.05, 3.63) is 74.8 Å². The molecule has 3 rings (SSSR count). The van der Waals surface area contributed by atoms with Gasteiger partial charge in [0.25, 0.3) is 5.69 Å². The lowest BCUT2D eigenvalue weighted by Gasteiger charge is -2.14. The number of pyridine rings is 2. The van der Waals surface area contributed by atoms with Crippen LogP contribution in [0.1, 0.15) is 17.0 Å². The Morgan fingerprint density at radius 2 is 2.04 bits per heavy atom. The van der Waals surface area contributed by atoms with E-state index < -0.39 is 16.7 Å². The van der Waals surface area contributed by atoms with Crippen LogP contribution in [0.3, 0.4) is 0 Å². The van der Waals surface area contributed by atoms with Crippen LogP contribution in [0.2, 0.25) is 0 Å². The van der Waals surface area contributed by atoms with Gasteiger partial charge < -0.3 is 5.73 Å². The lowest BCUT2D eigenvalue weighted by molar-refractivity contribution is -0.386. The Kier molecular flexibility index (Phi) is 4.71. The highest BCUT2D eigenvalue weighted by molar-refractivity contribution is 9.10. The zero-order valence-electron chi connectivity index (χ0n) is 12.9. The normalized spacial score (nSPS) is 12.0. The number of carbonyl (C=O) groups is 1. The van der Waals surface area contributed by atoms with Crippen molar-refractivity contribution in [3.8, 4) is 0 Å². The lowest BCUT2D eigenvalue weighted by atomic mass is 9.90. The average Bonchev–Trinajstić information content (AvgIpc) is 2.60. The molecule has 7 nitrogen and oxygen atoms in total. The summed E-state index contributed by atoms with van der Waals surface area (Å²) in [6, 6.07) is 7.14. The van der Waals surface area contributed by atoms with Gasteiger partial charge in [-0.15, -0.1) is 0 Å². The number of amides is 1. The molecule has 0 fully saturated rings. The summed E-state index contributed by atoms with van der Waals surface area (Å²) in [5, 5.41) is 13.1. The molecule has 1 atom stereocenters. The Hall–Kier alpha value is -2.87. The van der Waals surface area contributed by atoms with E-state index in [4.69, 9.17) is 5.73 Å². The van der Waals surface area contributed by atoms with E-state index in [-0.39, 0.29) is 17.7 Å². The molecule has 25 heavy (non-hydrogen) atoms. The van der Waals surface area contributed by atoms with Crippen LogP contribution in [0.5, 0.6) is 0 Å². The van der Waals surface area contributed by atoms with E-state index in [1.54, 1.807) is 12.4 Å². The Morgan fingerprint density at radius 1 is 1.24 bits per heavy atom. The zero-order chi connectivity index (χ0) is 18.0. The van der Waals surface area contributed by atoms with Crippen LogP contribution in [0.25, 0.3) is 10.8 Å². The lowest BCUT2D eigenvalue weighted by Crippen LogP contribution is -2.24. The van der Waals surface area contributed by atoms with Crippen molar-refractivity contribution in [2.24, 2.45) is 5.73 Å². The minimum Gasteiger partial charge on any atom is -0.369 e. The zero-order valence-corrected chi connectivity index (χ0v) is 14.5. The van der Waals surface area contributed by atoms with E-state index in [0.717, 1.165) is 27.0 Å². The molecular weight excluding hydrogens is 388 g/mol. The maximum atomic E-state index is 12.0. The van der Waals surface area contributed by atoms with Crippen LogP contribution in [-0.4, -0.2) is 20.8 Å². The van der Waals surface area contributed by atoms with E-state index >= 15 is 0 Å². The van der Waals surface area contributed by atoms with Gasteiger partial charge in [-0.3, -0.25) is 24.9 Å². The van der Waals surface area contributed by atoms with Gasteiger partial charge in [0.2, 0.25) is 5.91 Å². The molecule has 8 heteroatoms. The van der Waals surface area contributed by atoms with Gasteiger partial charge in [-0.05, 0) is 45.4 Å². The smallest absolute Gasteiger partial charge is 0.291 e. The number of aromatic nitrogens is 2. The van der Waals surface area contributed by atoms with Crippen LogP contribution in [-0.2, 0) is 11.2 Å². The molecule has 1 aromatic carbocycles. The molecular formula is C17H13BrN4O3. The summed E-state index contributed by atoms with van der Waals surface area (Å²) in [5.41, 5.74) is 6.42. The number of nitro groups is 1. The van der Waals surface area contributed by atoms with Crippen molar-refractivity contribution >= 4 is 38.3 Å². The summed E-state index contributed by atoms with van der Waals surface area (Å²) in [7, 11) is 0. The number of halogens is 1. The fraction of sp³-hybridized carbons (Fsp3) is 0.118. The number of benzene rings is 1. The highest BCUT2D eigenvalue weighted by Gasteiger charge is 2.26. The molecule has 0 bridgehead atoms. The fourth-order valence-corrected chi connectivity index (χ4v) is 3.21. The number of hydrogen-bond donors (Lipinski definition) is 1. The number of primary amides is 1. The molecule has 0 aliphatic rings. The molecule has 0 spiro atoms. The second-order valence-corrected chi connectivity index (χ2v) is 6.38. The minimum absolute atomic E-state index is 0.211. The highest BCUT2D eigenvalue weighted by Crippen LogP contribution is 2.30. The quantitative estimate of drug-likeness (QED) is 0.522. The third kappa shape index (κ3) is 3.48. The first-order chi connectivity index (χ1) is 12.0. The molecule has 0 aliphatic heterocycles. The summed E-state index contributed by atoms with van der Waals surface area (Å²) < 4.78 is 0.831. The molecule has 2 N–H and O–H groups in total. The average molecular weight is 401 g/mol. The maximum absolute atomic E-state index is 12.0. The van der Waals surface area contributed by atoms with Crippen LogP contribution in [0.15, 0.2) is 53.5 Å². The predicted octanol–water partition coefficient (Wildman–Crippen LogP) is 3.11. The highest BCUT2D eigenvalue weighted by atomic mass is 79.9. The van der Waals surface area contributed by atoms with Gasteiger partial charge in [-0.1, -0.05) is 12.1 Å². The van der Waals surface area contributed by atoms with Crippen molar-refractivity contribution in [1.29, 1.82) is 0 Å². The van der Waals surface area contributed by atoms with Crippen LogP contribution in [0.4, 0.5) is 5.69 Å². The Bertz CT molecular complexity index is 977. The van der Waals surface area contributed by atoms with Crippen molar-refractivity contribution in [2.45, 2.75) is 12.3 Å². The van der Waals surface area contributed by atoms with Crippen molar-refractivity contribution in [3.63, 3.8) is 0 Å². The Labute approximate surface area is 151 Å². The first kappa shape index (κ1) is 17.0. The van der Waals surface area contributed by atoms with Gasteiger partial charge in [0.05, 0.1) is 10.8 Å². The second-order valence-electron chi connectivity index (χ2n) is 5.53. The van der Waals surface area contributed by atoms with Gasteiger partial charge >= 0.3 is 0 Å². The van der Waals surface area contributed by atoms with Gasteiger partial charge in [-0.25, -0.2) is 0 Å². The molecule has 0 saturated carbocycles. The predicted molar refractivity (Wildman–Crippen MR) is 96.0 cm³/mol. The first-order valence-electron chi connectivity index (χ1n) is 7.37. The molecule has 1 amide bonds. The van der Waals surface area contributed by atoms with E-state index in [2.05, 4.69) is 25.9 Å². The van der Waals surface area contributed by atoms with Crippen LogP contribution in [0, 0.1) is 10.1 Å². The van der Waals surface area contributed by atoms with Gasteiger partial charge in [0.1, 0.15) is 6.20 Å². The van der Waals surface area contributed by atoms with E-state index in [0.29, 0.717) is 0 Å². The van der Waals surface area contributed by atoms with E-state index in [1.165, 1.54) is 12.3 Å². The number of rotatable bonds is 5. The standard InChI is InChI=1S/C17H13BrN4O3/c18-15-8-21-7-11-2-1-10(5-13(11)15)6-14(17(19)23)12-3-4-20-9-16(12)22(24)25/h1-5,7-9,14H,6H2,(H2,19,23). The van der Waals surface area contributed by atoms with E-state index in [9.17, 15) is 14.9 Å². The molecule has 3 aromatic rings. The van der Waals surface area contributed by atoms with Crippen molar-refractivity contribution in [1.82, 2.24) is 9.97 Å². The second kappa shape index (κ2) is 6.94. The molecule has 0 radical (unpaired) electrons. The Balaban J connectivity index is 2.03. The largest absolute Gasteiger partial charge is 0.369 e. The molecule has 126 valence electrons. The third-order valence-electron chi connectivity index (χ3n) is 3.96. The van der Waals surface area contributed by atoms with Crippen LogP contribution < -0.4 is 5.73 Å². The van der Waals surface area contributed by atoms with Gasteiger partial charge in [0, 0.05) is 34.0 Å². The van der Waals surface area contributed by atoms with Crippen molar-refractivity contribution < 1.29 is 9.72 Å². The number of hydrogen-bond acceptors (Lipinski definition) is 5. The molecule has 0 saturated heterocycles. The number of fused-ring (bicyclic) bond motifs is 1. The molecule has 2 aromatic heterocycles.